The maximum Gasteiger partial charge on any atom is 0.330 e. The number of allylic oxidation sites excluding steroid dienone is 1. The lowest BCUT2D eigenvalue weighted by Crippen LogP contribution is -2.20. The summed E-state index contributed by atoms with van der Waals surface area (Å²) in [5.41, 5.74) is 3.35. The number of hydrogen-bond donors (Lipinski definition) is 1. The average Bonchev–Trinajstić information content (AvgIpc) is 2.61. The summed E-state index contributed by atoms with van der Waals surface area (Å²) in [4.78, 5) is 23.7. The van der Waals surface area contributed by atoms with Crippen LogP contribution in [0.2, 0.25) is 0 Å². The largest absolute Gasteiger partial charge is 0.461 e. The number of rotatable bonds is 8. The summed E-state index contributed by atoms with van der Waals surface area (Å²) < 4.78 is 5.07. The van der Waals surface area contributed by atoms with Crippen molar-refractivity contribution in [3.8, 4) is 0 Å². The van der Waals surface area contributed by atoms with Gasteiger partial charge in [-0.05, 0) is 19.4 Å². The van der Waals surface area contributed by atoms with E-state index in [1.807, 2.05) is 68.4 Å². The molecule has 2 aromatic rings. The third-order valence-electron chi connectivity index (χ3n) is 3.51. The molecule has 0 amide bonds. The summed E-state index contributed by atoms with van der Waals surface area (Å²) in [6, 6.07) is 16.8. The van der Waals surface area contributed by atoms with Crippen LogP contribution >= 0.6 is 0 Å². The molecule has 0 atom stereocenters. The maximum absolute atomic E-state index is 12.3. The van der Waals surface area contributed by atoms with Crippen molar-refractivity contribution < 1.29 is 14.3 Å². The Morgan fingerprint density at radius 1 is 0.960 bits per heavy atom. The maximum atomic E-state index is 12.3. The quantitative estimate of drug-likeness (QED) is 0.347. The van der Waals surface area contributed by atoms with E-state index >= 15 is 0 Å². The van der Waals surface area contributed by atoms with E-state index in [2.05, 4.69) is 5.32 Å². The molecule has 0 heterocycles. The second-order valence-electron chi connectivity index (χ2n) is 5.96. The fourth-order valence-electron chi connectivity index (χ4n) is 2.26. The van der Waals surface area contributed by atoms with Gasteiger partial charge in [0.05, 0.1) is 0 Å². The van der Waals surface area contributed by atoms with Crippen molar-refractivity contribution in [2.24, 2.45) is 0 Å². The van der Waals surface area contributed by atoms with Crippen LogP contribution in [-0.4, -0.2) is 24.9 Å². The highest BCUT2D eigenvalue weighted by Gasteiger charge is 2.07. The molecule has 0 saturated carbocycles. The van der Waals surface area contributed by atoms with E-state index < -0.39 is 0 Å². The topological polar surface area (TPSA) is 55.4 Å². The molecule has 25 heavy (non-hydrogen) atoms. The molecule has 130 valence electrons. The van der Waals surface area contributed by atoms with Gasteiger partial charge in [0.2, 0.25) is 0 Å². The van der Waals surface area contributed by atoms with Crippen LogP contribution in [0.15, 0.2) is 66.2 Å². The lowest BCUT2D eigenvalue weighted by Gasteiger charge is -2.07. The Hall–Kier alpha value is -2.72. The predicted molar refractivity (Wildman–Crippen MR) is 98.4 cm³/mol. The predicted octanol–water partition coefficient (Wildman–Crippen LogP) is 3.52. The molecule has 2 rings (SSSR count). The second-order valence-corrected chi connectivity index (χ2v) is 5.96. The molecule has 0 spiro atoms. The van der Waals surface area contributed by atoms with E-state index in [0.29, 0.717) is 30.8 Å². The molecule has 4 nitrogen and oxygen atoms in total. The van der Waals surface area contributed by atoms with Crippen LogP contribution < -0.4 is 5.32 Å². The lowest BCUT2D eigenvalue weighted by molar-refractivity contribution is -0.137. The Kier molecular flexibility index (Phi) is 7.11. The molecule has 2 aromatic carbocycles. The summed E-state index contributed by atoms with van der Waals surface area (Å²) in [6.07, 6.45) is 1.47. The summed E-state index contributed by atoms with van der Waals surface area (Å²) in [7, 11) is 0. The smallest absolute Gasteiger partial charge is 0.330 e. The molecule has 1 N–H and O–H groups in total. The number of hydrogen-bond acceptors (Lipinski definition) is 4. The van der Waals surface area contributed by atoms with Gasteiger partial charge in [0.15, 0.2) is 5.78 Å². The molecule has 0 fully saturated rings. The molecule has 0 radical (unpaired) electrons. The monoisotopic (exact) mass is 337 g/mol. The van der Waals surface area contributed by atoms with Gasteiger partial charge in [-0.25, -0.2) is 4.79 Å². The van der Waals surface area contributed by atoms with E-state index in [4.69, 9.17) is 4.74 Å². The minimum atomic E-state index is -0.314. The molecule has 0 bridgehead atoms. The third-order valence-corrected chi connectivity index (χ3v) is 3.51. The van der Waals surface area contributed by atoms with Crippen LogP contribution in [-0.2, 0) is 16.1 Å². The highest BCUT2D eigenvalue weighted by Crippen LogP contribution is 2.11. The van der Waals surface area contributed by atoms with Crippen LogP contribution in [0.3, 0.4) is 0 Å². The Labute approximate surface area is 148 Å². The van der Waals surface area contributed by atoms with Crippen LogP contribution in [0, 0.1) is 0 Å². The van der Waals surface area contributed by atoms with E-state index in [0.717, 1.165) is 11.1 Å². The summed E-state index contributed by atoms with van der Waals surface area (Å²) in [6.45, 7) is 5.26. The minimum absolute atomic E-state index is 0.0197. The molecule has 0 aromatic heterocycles. The van der Waals surface area contributed by atoms with Gasteiger partial charge in [-0.3, -0.25) is 4.79 Å². The molecule has 0 saturated heterocycles. The molecule has 4 heteroatoms. The van der Waals surface area contributed by atoms with Crippen molar-refractivity contribution in [2.45, 2.75) is 20.4 Å². The van der Waals surface area contributed by atoms with Crippen LogP contribution in [0.1, 0.15) is 35.3 Å². The number of esters is 1. The van der Waals surface area contributed by atoms with Gasteiger partial charge < -0.3 is 10.1 Å². The third kappa shape index (κ3) is 6.36. The lowest BCUT2D eigenvalue weighted by atomic mass is 10.0. The van der Waals surface area contributed by atoms with E-state index in [1.165, 1.54) is 6.08 Å². The molecule has 0 aliphatic rings. The van der Waals surface area contributed by atoms with Gasteiger partial charge >= 0.3 is 5.97 Å². The average molecular weight is 337 g/mol. The van der Waals surface area contributed by atoms with E-state index in [1.54, 1.807) is 0 Å². The minimum Gasteiger partial charge on any atom is -0.461 e. The Morgan fingerprint density at radius 3 is 2.24 bits per heavy atom. The summed E-state index contributed by atoms with van der Waals surface area (Å²) in [5.74, 6) is -0.295. The van der Waals surface area contributed by atoms with Gasteiger partial charge in [-0.2, -0.15) is 0 Å². The highest BCUT2D eigenvalue weighted by molar-refractivity contribution is 6.08. The van der Waals surface area contributed by atoms with Crippen LogP contribution in [0.25, 0.3) is 0 Å². The Morgan fingerprint density at radius 2 is 1.60 bits per heavy atom. The standard InChI is InChI=1S/C21H23NO3/c1-16(2)14-20(23)25-13-12-22-15-17-8-10-19(11-9-17)21(24)18-6-4-3-5-7-18/h3-11,14,22H,12-13,15H2,1-2H3. The normalized spacial score (nSPS) is 10.2. The first-order valence-electron chi connectivity index (χ1n) is 8.27. The zero-order valence-corrected chi connectivity index (χ0v) is 14.6. The molecular weight excluding hydrogens is 314 g/mol. The van der Waals surface area contributed by atoms with E-state index in [-0.39, 0.29) is 11.8 Å². The van der Waals surface area contributed by atoms with Crippen molar-refractivity contribution in [1.82, 2.24) is 5.32 Å². The molecule has 0 aliphatic heterocycles. The first-order chi connectivity index (χ1) is 12.1. The number of benzene rings is 2. The molecule has 0 aliphatic carbocycles. The van der Waals surface area contributed by atoms with Gasteiger partial charge in [-0.1, -0.05) is 60.2 Å². The van der Waals surface area contributed by atoms with E-state index in [9.17, 15) is 9.59 Å². The first-order valence-corrected chi connectivity index (χ1v) is 8.27. The zero-order valence-electron chi connectivity index (χ0n) is 14.6. The van der Waals surface area contributed by atoms with Crippen molar-refractivity contribution in [3.63, 3.8) is 0 Å². The number of carbonyl (C=O) groups is 2. The SMILES string of the molecule is CC(C)=CC(=O)OCCNCc1ccc(C(=O)c2ccccc2)cc1. The van der Waals surface area contributed by atoms with Gasteiger partial charge in [0, 0.05) is 30.3 Å². The van der Waals surface area contributed by atoms with Crippen LogP contribution in [0.4, 0.5) is 0 Å². The second kappa shape index (κ2) is 9.55. The van der Waals surface area contributed by atoms with Gasteiger partial charge in [0.25, 0.3) is 0 Å². The van der Waals surface area contributed by atoms with Crippen molar-refractivity contribution in [3.05, 3.63) is 82.9 Å². The number of nitrogens with one attached hydrogen (secondary N) is 1. The summed E-state index contributed by atoms with van der Waals surface area (Å²) in [5, 5.41) is 3.21. The van der Waals surface area contributed by atoms with Crippen molar-refractivity contribution in [2.75, 3.05) is 13.2 Å². The van der Waals surface area contributed by atoms with Gasteiger partial charge in [0.1, 0.15) is 6.61 Å². The fourth-order valence-corrected chi connectivity index (χ4v) is 2.26. The zero-order chi connectivity index (χ0) is 18.1. The van der Waals surface area contributed by atoms with Gasteiger partial charge in [-0.15, -0.1) is 0 Å². The van der Waals surface area contributed by atoms with Crippen molar-refractivity contribution >= 4 is 11.8 Å². The Balaban J connectivity index is 1.76. The van der Waals surface area contributed by atoms with Crippen molar-refractivity contribution in [1.29, 1.82) is 0 Å². The molecule has 0 unspecified atom stereocenters. The number of carbonyl (C=O) groups excluding carboxylic acids is 2. The number of ketones is 1. The summed E-state index contributed by atoms with van der Waals surface area (Å²) >= 11 is 0. The first kappa shape index (κ1) is 18.6. The van der Waals surface area contributed by atoms with Crippen LogP contribution in [0.5, 0.6) is 0 Å². The number of ether oxygens (including phenoxy) is 1. The highest BCUT2D eigenvalue weighted by atomic mass is 16.5. The molecular formula is C21H23NO3. The fraction of sp³-hybridized carbons (Fsp3) is 0.238. The Bertz CT molecular complexity index is 729.